The highest BCUT2D eigenvalue weighted by atomic mass is 19.1. The molecule has 0 saturated heterocycles. The Balaban J connectivity index is 2.13. The third kappa shape index (κ3) is 1.78. The fourth-order valence-corrected chi connectivity index (χ4v) is 1.90. The van der Waals surface area contributed by atoms with Crippen LogP contribution in [0.3, 0.4) is 0 Å². The molecule has 0 bridgehead atoms. The zero-order valence-electron chi connectivity index (χ0n) is 9.47. The smallest absolute Gasteiger partial charge is 0.258 e. The van der Waals surface area contributed by atoms with Crippen LogP contribution in [0.2, 0.25) is 0 Å². The molecule has 1 atom stereocenters. The molecule has 0 amide bonds. The molecule has 0 fully saturated rings. The molecule has 4 nitrogen and oxygen atoms in total. The summed E-state index contributed by atoms with van der Waals surface area (Å²) >= 11 is 0. The molecule has 2 aromatic rings. The van der Waals surface area contributed by atoms with Gasteiger partial charge in [0, 0.05) is 18.2 Å². The second kappa shape index (κ2) is 4.27. The van der Waals surface area contributed by atoms with Crippen molar-refractivity contribution >= 4 is 0 Å². The lowest BCUT2D eigenvalue weighted by Gasteiger charge is -2.14. The Hall–Kier alpha value is -2.14. The Morgan fingerprint density at radius 2 is 2.11 bits per heavy atom. The average Bonchev–Trinajstić information content (AvgIpc) is 2.54. The van der Waals surface area contributed by atoms with Crippen molar-refractivity contribution in [2.24, 2.45) is 5.73 Å². The summed E-state index contributed by atoms with van der Waals surface area (Å²) in [5.74, 6) is 0.654. The second-order valence-corrected chi connectivity index (χ2v) is 3.94. The summed E-state index contributed by atoms with van der Waals surface area (Å²) in [6.45, 7) is 0.291. The van der Waals surface area contributed by atoms with Gasteiger partial charge in [-0.05, 0) is 6.07 Å². The number of hydrogen-bond donors (Lipinski definition) is 1. The summed E-state index contributed by atoms with van der Waals surface area (Å²) in [6.07, 6.45) is 0.742. The quantitative estimate of drug-likeness (QED) is 0.839. The van der Waals surface area contributed by atoms with Crippen LogP contribution in [-0.4, -0.2) is 11.5 Å². The predicted octanol–water partition coefficient (Wildman–Crippen LogP) is 2.41. The first-order valence-electron chi connectivity index (χ1n) is 5.57. The minimum Gasteiger partial charge on any atom is -0.465 e. The number of ether oxygens (including phenoxy) is 2. The lowest BCUT2D eigenvalue weighted by molar-refractivity contribution is 0.207. The zero-order valence-corrected chi connectivity index (χ0v) is 9.47. The number of hydrogen-bond acceptors (Lipinski definition) is 4. The molecule has 2 heterocycles. The van der Waals surface area contributed by atoms with E-state index in [1.165, 1.54) is 6.07 Å². The number of fused-ring (bicyclic) bond motifs is 2. The molecule has 1 aliphatic rings. The van der Waals surface area contributed by atoms with Gasteiger partial charge in [0.1, 0.15) is 17.7 Å². The number of rotatable bonds is 1. The molecule has 18 heavy (non-hydrogen) atoms. The van der Waals surface area contributed by atoms with E-state index in [0.717, 1.165) is 11.8 Å². The molecule has 5 heteroatoms. The second-order valence-electron chi connectivity index (χ2n) is 3.94. The molecule has 1 aromatic carbocycles. The van der Waals surface area contributed by atoms with Crippen molar-refractivity contribution in [3.8, 4) is 17.4 Å². The monoisotopic (exact) mass is 246 g/mol. The van der Waals surface area contributed by atoms with Gasteiger partial charge in [-0.15, -0.1) is 0 Å². The van der Waals surface area contributed by atoms with Crippen molar-refractivity contribution in [3.63, 3.8) is 0 Å². The Bertz CT molecular complexity index is 589. The molecule has 0 saturated carbocycles. The summed E-state index contributed by atoms with van der Waals surface area (Å²) in [4.78, 5) is 3.88. The highest BCUT2D eigenvalue weighted by Gasteiger charge is 2.24. The first-order valence-corrected chi connectivity index (χ1v) is 5.57. The van der Waals surface area contributed by atoms with E-state index in [-0.39, 0.29) is 17.7 Å². The van der Waals surface area contributed by atoms with E-state index in [4.69, 9.17) is 15.2 Å². The summed E-state index contributed by atoms with van der Waals surface area (Å²) in [7, 11) is 0. The number of halogens is 1. The van der Waals surface area contributed by atoms with E-state index < -0.39 is 5.82 Å². The molecule has 1 aliphatic heterocycles. The van der Waals surface area contributed by atoms with E-state index in [2.05, 4.69) is 4.98 Å². The first kappa shape index (κ1) is 11.0. The van der Waals surface area contributed by atoms with Crippen molar-refractivity contribution in [1.82, 2.24) is 4.98 Å². The fourth-order valence-electron chi connectivity index (χ4n) is 1.90. The van der Waals surface area contributed by atoms with Crippen LogP contribution in [0.4, 0.5) is 4.39 Å². The molecule has 0 unspecified atom stereocenters. The number of nitrogens with zero attached hydrogens (tertiary/aromatic N) is 1. The topological polar surface area (TPSA) is 57.4 Å². The SMILES string of the molecule is NC[C@@H]1Oc2ncc(F)cc2Oc2ccccc21. The lowest BCUT2D eigenvalue weighted by atomic mass is 10.1. The predicted molar refractivity (Wildman–Crippen MR) is 63.1 cm³/mol. The molecule has 92 valence electrons. The van der Waals surface area contributed by atoms with Gasteiger partial charge in [-0.25, -0.2) is 9.37 Å². The average molecular weight is 246 g/mol. The van der Waals surface area contributed by atoms with E-state index in [1.807, 2.05) is 18.2 Å². The Labute approximate surface area is 103 Å². The van der Waals surface area contributed by atoms with Crippen molar-refractivity contribution in [1.29, 1.82) is 0 Å². The van der Waals surface area contributed by atoms with Crippen LogP contribution < -0.4 is 15.2 Å². The van der Waals surface area contributed by atoms with Gasteiger partial charge >= 0.3 is 0 Å². The van der Waals surface area contributed by atoms with E-state index in [9.17, 15) is 4.39 Å². The molecule has 3 rings (SSSR count). The minimum atomic E-state index is -0.471. The number of benzene rings is 1. The number of aromatic nitrogens is 1. The molecule has 0 spiro atoms. The van der Waals surface area contributed by atoms with Crippen molar-refractivity contribution in [2.45, 2.75) is 6.10 Å². The molecular weight excluding hydrogens is 235 g/mol. The summed E-state index contributed by atoms with van der Waals surface area (Å²) in [5.41, 5.74) is 6.52. The standard InChI is InChI=1S/C13H11FN2O2/c14-8-5-11-13(16-7-8)18-12(6-15)9-3-1-2-4-10(9)17-11/h1-5,7,12H,6,15H2/t12-/m0/s1. The van der Waals surface area contributed by atoms with Crippen molar-refractivity contribution < 1.29 is 13.9 Å². The van der Waals surface area contributed by atoms with Gasteiger partial charge in [-0.3, -0.25) is 0 Å². The maximum atomic E-state index is 13.2. The maximum Gasteiger partial charge on any atom is 0.258 e. The first-order chi connectivity index (χ1) is 8.78. The largest absolute Gasteiger partial charge is 0.465 e. The number of pyridine rings is 1. The molecule has 0 radical (unpaired) electrons. The van der Waals surface area contributed by atoms with Crippen LogP contribution in [0.15, 0.2) is 36.5 Å². The van der Waals surface area contributed by atoms with Crippen LogP contribution in [-0.2, 0) is 0 Å². The van der Waals surface area contributed by atoms with Gasteiger partial charge in [0.15, 0.2) is 5.75 Å². The zero-order chi connectivity index (χ0) is 12.5. The Kier molecular flexibility index (Phi) is 2.60. The number of para-hydroxylation sites is 1. The molecular formula is C13H11FN2O2. The van der Waals surface area contributed by atoms with Gasteiger partial charge in [0.2, 0.25) is 0 Å². The minimum absolute atomic E-state index is 0.253. The van der Waals surface area contributed by atoms with Gasteiger partial charge < -0.3 is 15.2 Å². The molecule has 1 aromatic heterocycles. The lowest BCUT2D eigenvalue weighted by Crippen LogP contribution is -2.18. The van der Waals surface area contributed by atoms with Crippen LogP contribution >= 0.6 is 0 Å². The van der Waals surface area contributed by atoms with E-state index >= 15 is 0 Å². The third-order valence-corrected chi connectivity index (χ3v) is 2.74. The van der Waals surface area contributed by atoms with Gasteiger partial charge in [-0.2, -0.15) is 0 Å². The summed E-state index contributed by atoms with van der Waals surface area (Å²) in [5, 5.41) is 0. The highest BCUT2D eigenvalue weighted by molar-refractivity contribution is 5.45. The van der Waals surface area contributed by atoms with Crippen LogP contribution in [0.5, 0.6) is 17.4 Å². The van der Waals surface area contributed by atoms with Crippen molar-refractivity contribution in [3.05, 3.63) is 47.9 Å². The van der Waals surface area contributed by atoms with E-state index in [0.29, 0.717) is 12.3 Å². The Morgan fingerprint density at radius 3 is 2.94 bits per heavy atom. The van der Waals surface area contributed by atoms with Crippen LogP contribution in [0, 0.1) is 5.82 Å². The summed E-state index contributed by atoms with van der Waals surface area (Å²) in [6, 6.07) is 8.62. The maximum absolute atomic E-state index is 13.2. The van der Waals surface area contributed by atoms with Gasteiger partial charge in [0.05, 0.1) is 6.20 Å². The summed E-state index contributed by atoms with van der Waals surface area (Å²) < 4.78 is 24.5. The third-order valence-electron chi connectivity index (χ3n) is 2.74. The van der Waals surface area contributed by atoms with Gasteiger partial charge in [-0.1, -0.05) is 18.2 Å². The van der Waals surface area contributed by atoms with E-state index in [1.54, 1.807) is 6.07 Å². The normalized spacial score (nSPS) is 16.9. The Morgan fingerprint density at radius 1 is 1.28 bits per heavy atom. The fraction of sp³-hybridized carbons (Fsp3) is 0.154. The van der Waals surface area contributed by atoms with Crippen LogP contribution in [0.1, 0.15) is 11.7 Å². The van der Waals surface area contributed by atoms with Crippen molar-refractivity contribution in [2.75, 3.05) is 6.54 Å². The molecule has 0 aliphatic carbocycles. The number of nitrogens with two attached hydrogens (primary N) is 1. The molecule has 2 N–H and O–H groups in total. The van der Waals surface area contributed by atoms with Gasteiger partial charge in [0.25, 0.3) is 5.88 Å². The highest BCUT2D eigenvalue weighted by Crippen LogP contribution is 2.40. The van der Waals surface area contributed by atoms with Crippen LogP contribution in [0.25, 0.3) is 0 Å².